The first-order valence-electron chi connectivity index (χ1n) is 10.7. The first-order chi connectivity index (χ1) is 13.8. The molecule has 176 valence electrons. The van der Waals surface area contributed by atoms with Crippen molar-refractivity contribution in [3.63, 3.8) is 0 Å². The van der Waals surface area contributed by atoms with E-state index in [-0.39, 0.29) is 35.7 Å². The van der Waals surface area contributed by atoms with E-state index in [0.29, 0.717) is 31.7 Å². The minimum atomic E-state index is -1.02. The lowest BCUT2D eigenvalue weighted by atomic mass is 9.90. The van der Waals surface area contributed by atoms with E-state index >= 15 is 0 Å². The summed E-state index contributed by atoms with van der Waals surface area (Å²) in [4.78, 5) is 35.0. The monoisotopic (exact) mass is 446 g/mol. The summed E-state index contributed by atoms with van der Waals surface area (Å²) in [5.41, 5.74) is 0.392. The van der Waals surface area contributed by atoms with Crippen LogP contribution < -0.4 is 10.6 Å². The predicted molar refractivity (Wildman–Crippen MR) is 123 cm³/mol. The van der Waals surface area contributed by atoms with Crippen molar-refractivity contribution in [2.45, 2.75) is 79.7 Å². The molecule has 0 saturated carbocycles. The minimum Gasteiger partial charge on any atom is -0.480 e. The third-order valence-corrected chi connectivity index (χ3v) is 5.34. The molecule has 0 fully saturated rings. The molecular weight excluding hydrogens is 404 g/mol. The van der Waals surface area contributed by atoms with Gasteiger partial charge in [0.05, 0.1) is 13.2 Å². The molecule has 0 aromatic heterocycles. The van der Waals surface area contributed by atoms with Crippen LogP contribution in [-0.2, 0) is 19.1 Å². The second-order valence-electron chi connectivity index (χ2n) is 9.94. The molecule has 0 aromatic carbocycles. The maximum absolute atomic E-state index is 12.0. The smallest absolute Gasteiger partial charge is 0.326 e. The Morgan fingerprint density at radius 2 is 1.53 bits per heavy atom. The number of amides is 2. The lowest BCUT2D eigenvalue weighted by molar-refractivity contribution is -0.142. The Hall–Kier alpha value is -1.28. The molecule has 0 aliphatic rings. The number of rotatable bonds is 15. The van der Waals surface area contributed by atoms with E-state index in [1.165, 1.54) is 0 Å². The maximum Gasteiger partial charge on any atom is 0.326 e. The van der Waals surface area contributed by atoms with Gasteiger partial charge in [0.15, 0.2) is 0 Å². The average molecular weight is 447 g/mol. The lowest BCUT2D eigenvalue weighted by Crippen LogP contribution is -2.41. The number of carbonyl (C=O) groups is 3. The molecule has 8 heteroatoms. The minimum absolute atomic E-state index is 0.00376. The number of nitrogens with one attached hydrogen (secondary N) is 2. The van der Waals surface area contributed by atoms with E-state index in [2.05, 4.69) is 52.2 Å². The first-order valence-corrected chi connectivity index (χ1v) is 11.9. The Morgan fingerprint density at radius 1 is 0.900 bits per heavy atom. The fourth-order valence-electron chi connectivity index (χ4n) is 2.31. The van der Waals surface area contributed by atoms with Crippen molar-refractivity contribution < 1.29 is 24.2 Å². The number of hydrogen-bond acceptors (Lipinski definition) is 5. The molecule has 0 aliphatic carbocycles. The summed E-state index contributed by atoms with van der Waals surface area (Å²) in [6.45, 7) is 13.7. The molecule has 30 heavy (non-hydrogen) atoms. The zero-order valence-electron chi connectivity index (χ0n) is 19.6. The second kappa shape index (κ2) is 14.7. The van der Waals surface area contributed by atoms with Gasteiger partial charge in [-0.2, -0.15) is 11.8 Å². The molecule has 2 amide bonds. The highest BCUT2D eigenvalue weighted by Gasteiger charge is 2.19. The fraction of sp³-hybridized carbons (Fsp3) is 0.864. The van der Waals surface area contributed by atoms with Crippen LogP contribution >= 0.6 is 11.8 Å². The van der Waals surface area contributed by atoms with Crippen molar-refractivity contribution in [2.75, 3.05) is 31.3 Å². The van der Waals surface area contributed by atoms with Crippen molar-refractivity contribution >= 4 is 29.5 Å². The molecule has 0 radical (unpaired) electrons. The van der Waals surface area contributed by atoms with Crippen LogP contribution in [0.1, 0.15) is 73.6 Å². The summed E-state index contributed by atoms with van der Waals surface area (Å²) in [5, 5.41) is 14.7. The first kappa shape index (κ1) is 28.7. The van der Waals surface area contributed by atoms with Gasteiger partial charge in [0.25, 0.3) is 0 Å². The molecule has 0 heterocycles. The van der Waals surface area contributed by atoms with Gasteiger partial charge in [0.2, 0.25) is 11.8 Å². The molecule has 0 spiro atoms. The highest BCUT2D eigenvalue weighted by atomic mass is 32.2. The van der Waals surface area contributed by atoms with Gasteiger partial charge in [-0.3, -0.25) is 9.59 Å². The van der Waals surface area contributed by atoms with Crippen LogP contribution in [0.15, 0.2) is 0 Å². The topological polar surface area (TPSA) is 105 Å². The summed E-state index contributed by atoms with van der Waals surface area (Å²) in [5.74, 6) is 0.314. The van der Waals surface area contributed by atoms with Gasteiger partial charge in [-0.15, -0.1) is 0 Å². The quantitative estimate of drug-likeness (QED) is 0.333. The normalized spacial score (nSPS) is 13.0. The summed E-state index contributed by atoms with van der Waals surface area (Å²) < 4.78 is 5.36. The molecule has 1 atom stereocenters. The summed E-state index contributed by atoms with van der Waals surface area (Å²) in [6.07, 6.45) is 2.86. The molecule has 7 nitrogen and oxygen atoms in total. The number of hydrogen-bond donors (Lipinski definition) is 3. The number of aliphatic carboxylic acids is 1. The van der Waals surface area contributed by atoms with Gasteiger partial charge in [-0.25, -0.2) is 4.79 Å². The van der Waals surface area contributed by atoms with Crippen molar-refractivity contribution in [2.24, 2.45) is 10.8 Å². The molecule has 0 rings (SSSR count). The lowest BCUT2D eigenvalue weighted by Gasteiger charge is -2.18. The maximum atomic E-state index is 12.0. The van der Waals surface area contributed by atoms with Gasteiger partial charge >= 0.3 is 5.97 Å². The van der Waals surface area contributed by atoms with Crippen molar-refractivity contribution in [3.05, 3.63) is 0 Å². The Kier molecular flexibility index (Phi) is 14.1. The molecule has 0 saturated heterocycles. The Morgan fingerprint density at radius 3 is 2.10 bits per heavy atom. The third-order valence-electron chi connectivity index (χ3n) is 4.32. The number of carbonyl (C=O) groups excluding carboxylic acids is 2. The van der Waals surface area contributed by atoms with Crippen LogP contribution in [0.4, 0.5) is 0 Å². The van der Waals surface area contributed by atoms with E-state index in [4.69, 9.17) is 4.74 Å². The number of thioether (sulfide) groups is 1. The zero-order chi connectivity index (χ0) is 23.2. The van der Waals surface area contributed by atoms with Crippen molar-refractivity contribution in [1.82, 2.24) is 10.6 Å². The van der Waals surface area contributed by atoms with Crippen LogP contribution in [0.2, 0.25) is 0 Å². The number of carboxylic acids is 1. The van der Waals surface area contributed by atoms with Crippen LogP contribution in [0.25, 0.3) is 0 Å². The molecule has 0 unspecified atom stereocenters. The van der Waals surface area contributed by atoms with Crippen LogP contribution in [0, 0.1) is 10.8 Å². The Labute approximate surface area is 186 Å². The molecule has 0 aromatic rings. The van der Waals surface area contributed by atoms with E-state index < -0.39 is 12.0 Å². The predicted octanol–water partition coefficient (Wildman–Crippen LogP) is 3.46. The Bertz CT molecular complexity index is 527. The van der Waals surface area contributed by atoms with Gasteiger partial charge in [0.1, 0.15) is 6.04 Å². The van der Waals surface area contributed by atoms with E-state index in [9.17, 15) is 19.5 Å². The van der Waals surface area contributed by atoms with E-state index in [1.54, 1.807) is 11.8 Å². The van der Waals surface area contributed by atoms with Gasteiger partial charge in [-0.1, -0.05) is 41.5 Å². The molecule has 0 bridgehead atoms. The summed E-state index contributed by atoms with van der Waals surface area (Å²) >= 11 is 1.71. The number of carboxylic acid groups (broad SMARTS) is 1. The van der Waals surface area contributed by atoms with Crippen LogP contribution in [0.3, 0.4) is 0 Å². The van der Waals surface area contributed by atoms with Crippen molar-refractivity contribution in [1.29, 1.82) is 0 Å². The molecule has 0 aliphatic heterocycles. The fourth-order valence-corrected chi connectivity index (χ4v) is 3.68. The van der Waals surface area contributed by atoms with Gasteiger partial charge in [-0.05, 0) is 41.6 Å². The SMILES string of the molecule is CC(C)(C)CCSCC[C@@H](NC(=O)CCOCCNC(=O)CCC(C)(C)C)C(=O)O. The Balaban J connectivity index is 3.87. The van der Waals surface area contributed by atoms with Gasteiger partial charge < -0.3 is 20.5 Å². The zero-order valence-corrected chi connectivity index (χ0v) is 20.5. The van der Waals surface area contributed by atoms with Gasteiger partial charge in [0, 0.05) is 19.4 Å². The summed E-state index contributed by atoms with van der Waals surface area (Å²) in [6, 6.07) is -0.873. The van der Waals surface area contributed by atoms with E-state index in [1.807, 2.05) is 0 Å². The number of ether oxygens (including phenoxy) is 1. The highest BCUT2D eigenvalue weighted by Crippen LogP contribution is 2.22. The average Bonchev–Trinajstić information content (AvgIpc) is 2.59. The molecule has 3 N–H and O–H groups in total. The highest BCUT2D eigenvalue weighted by molar-refractivity contribution is 7.99. The van der Waals surface area contributed by atoms with Crippen molar-refractivity contribution in [3.8, 4) is 0 Å². The van der Waals surface area contributed by atoms with E-state index in [0.717, 1.165) is 18.6 Å². The largest absolute Gasteiger partial charge is 0.480 e. The van der Waals surface area contributed by atoms with Crippen LogP contribution in [0.5, 0.6) is 0 Å². The third kappa shape index (κ3) is 18.7. The second-order valence-corrected chi connectivity index (χ2v) is 11.2. The summed E-state index contributed by atoms with van der Waals surface area (Å²) in [7, 11) is 0. The van der Waals surface area contributed by atoms with Crippen LogP contribution in [-0.4, -0.2) is 60.2 Å². The molecular formula is C22H42N2O5S. The standard InChI is InChI=1S/C22H42N2O5S/c1-21(2,3)10-7-18(25)23-12-14-29-13-8-19(26)24-17(20(27)28)9-15-30-16-11-22(4,5)6/h17H,7-16H2,1-6H3,(H,23,25)(H,24,26)(H,27,28)/t17-/m1/s1.